The second-order valence-electron chi connectivity index (χ2n) is 3.95. The van der Waals surface area contributed by atoms with Gasteiger partial charge in [0.25, 0.3) is 5.91 Å². The lowest BCUT2D eigenvalue weighted by atomic mass is 10.3. The van der Waals surface area contributed by atoms with Gasteiger partial charge in [0, 0.05) is 24.5 Å². The van der Waals surface area contributed by atoms with Crippen molar-refractivity contribution < 1.29 is 14.7 Å². The van der Waals surface area contributed by atoms with Crippen molar-refractivity contribution in [3.63, 3.8) is 0 Å². The number of carbonyl (C=O) groups is 2. The molecule has 0 aromatic carbocycles. The molecule has 1 N–H and O–H groups in total. The molecule has 1 rings (SSSR count). The predicted molar refractivity (Wildman–Crippen MR) is 72.9 cm³/mol. The minimum Gasteiger partial charge on any atom is -0.478 e. The average Bonchev–Trinajstić information content (AvgIpc) is 2.81. The number of aliphatic carboxylic acids is 1. The minimum atomic E-state index is -0.989. The smallest absolute Gasteiger partial charge is 0.328 e. The molecule has 5 heteroatoms. The lowest BCUT2D eigenvalue weighted by molar-refractivity contribution is -0.131. The number of amides is 1. The van der Waals surface area contributed by atoms with Gasteiger partial charge in [0.2, 0.25) is 0 Å². The Bertz CT molecular complexity index is 451. The molecule has 0 aliphatic carbocycles. The van der Waals surface area contributed by atoms with E-state index in [1.807, 2.05) is 0 Å². The van der Waals surface area contributed by atoms with Gasteiger partial charge in [-0.1, -0.05) is 13.3 Å². The SMILES string of the molecule is CCCCN(C)C(=O)c1ccc(C=CC(=O)O)s1. The number of nitrogens with zero attached hydrogens (tertiary/aromatic N) is 1. The molecular weight excluding hydrogens is 250 g/mol. The van der Waals surface area contributed by atoms with Crippen molar-refractivity contribution in [1.29, 1.82) is 0 Å². The number of hydrogen-bond acceptors (Lipinski definition) is 3. The molecule has 18 heavy (non-hydrogen) atoms. The molecule has 0 bridgehead atoms. The average molecular weight is 267 g/mol. The molecular formula is C13H17NO3S. The largest absolute Gasteiger partial charge is 0.478 e. The first kappa shape index (κ1) is 14.4. The summed E-state index contributed by atoms with van der Waals surface area (Å²) in [6, 6.07) is 3.49. The second-order valence-corrected chi connectivity index (χ2v) is 5.07. The topological polar surface area (TPSA) is 57.6 Å². The van der Waals surface area contributed by atoms with Crippen molar-refractivity contribution in [3.8, 4) is 0 Å². The summed E-state index contributed by atoms with van der Waals surface area (Å²) in [5.74, 6) is -1.00. The van der Waals surface area contributed by atoms with E-state index in [9.17, 15) is 9.59 Å². The highest BCUT2D eigenvalue weighted by Gasteiger charge is 2.12. The molecule has 0 spiro atoms. The number of hydrogen-bond donors (Lipinski definition) is 1. The summed E-state index contributed by atoms with van der Waals surface area (Å²) in [5, 5.41) is 8.52. The van der Waals surface area contributed by atoms with Crippen molar-refractivity contribution in [1.82, 2.24) is 4.90 Å². The molecule has 1 aromatic heterocycles. The monoisotopic (exact) mass is 267 g/mol. The van der Waals surface area contributed by atoms with Gasteiger partial charge < -0.3 is 10.0 Å². The van der Waals surface area contributed by atoms with Crippen LogP contribution in [-0.2, 0) is 4.79 Å². The zero-order chi connectivity index (χ0) is 13.5. The van der Waals surface area contributed by atoms with Crippen LogP contribution in [0.1, 0.15) is 34.3 Å². The summed E-state index contributed by atoms with van der Waals surface area (Å²) in [4.78, 5) is 25.5. The van der Waals surface area contributed by atoms with E-state index in [0.717, 1.165) is 30.3 Å². The van der Waals surface area contributed by atoms with Crippen LogP contribution in [0, 0.1) is 0 Å². The van der Waals surface area contributed by atoms with Gasteiger partial charge in [-0.15, -0.1) is 11.3 Å². The summed E-state index contributed by atoms with van der Waals surface area (Å²) in [6.07, 6.45) is 4.60. The van der Waals surface area contributed by atoms with E-state index in [0.29, 0.717) is 4.88 Å². The summed E-state index contributed by atoms with van der Waals surface area (Å²) in [5.41, 5.74) is 0. The third-order valence-electron chi connectivity index (χ3n) is 2.42. The predicted octanol–water partition coefficient (Wildman–Crippen LogP) is 2.72. The first-order chi connectivity index (χ1) is 8.54. The number of unbranched alkanes of at least 4 members (excludes halogenated alkanes) is 1. The Morgan fingerprint density at radius 2 is 2.17 bits per heavy atom. The van der Waals surface area contributed by atoms with Gasteiger partial charge in [-0.3, -0.25) is 4.79 Å². The van der Waals surface area contributed by atoms with Crippen LogP contribution in [0.5, 0.6) is 0 Å². The van der Waals surface area contributed by atoms with E-state index in [1.54, 1.807) is 24.1 Å². The highest BCUT2D eigenvalue weighted by molar-refractivity contribution is 7.14. The second kappa shape index (κ2) is 6.96. The summed E-state index contributed by atoms with van der Waals surface area (Å²) in [6.45, 7) is 2.83. The fourth-order valence-electron chi connectivity index (χ4n) is 1.40. The summed E-state index contributed by atoms with van der Waals surface area (Å²) < 4.78 is 0. The Hall–Kier alpha value is -1.62. The van der Waals surface area contributed by atoms with Gasteiger partial charge in [-0.2, -0.15) is 0 Å². The maximum Gasteiger partial charge on any atom is 0.328 e. The highest BCUT2D eigenvalue weighted by Crippen LogP contribution is 2.19. The number of carboxylic acid groups (broad SMARTS) is 1. The fraction of sp³-hybridized carbons (Fsp3) is 0.385. The number of carboxylic acids is 1. The van der Waals surface area contributed by atoms with Crippen LogP contribution in [0.3, 0.4) is 0 Å². The first-order valence-corrected chi connectivity index (χ1v) is 6.62. The maximum atomic E-state index is 12.0. The minimum absolute atomic E-state index is 0.0107. The Morgan fingerprint density at radius 3 is 2.78 bits per heavy atom. The van der Waals surface area contributed by atoms with Crippen molar-refractivity contribution >= 4 is 29.3 Å². The van der Waals surface area contributed by atoms with Crippen LogP contribution in [-0.4, -0.2) is 35.5 Å². The molecule has 0 aliphatic rings. The van der Waals surface area contributed by atoms with Gasteiger partial charge in [-0.05, 0) is 24.6 Å². The quantitative estimate of drug-likeness (QED) is 0.806. The third kappa shape index (κ3) is 4.33. The Labute approximate surface area is 111 Å². The van der Waals surface area contributed by atoms with Gasteiger partial charge >= 0.3 is 5.97 Å². The summed E-state index contributed by atoms with van der Waals surface area (Å²) in [7, 11) is 1.78. The number of thiophene rings is 1. The zero-order valence-electron chi connectivity index (χ0n) is 10.5. The fourth-order valence-corrected chi connectivity index (χ4v) is 2.30. The van der Waals surface area contributed by atoms with E-state index < -0.39 is 5.97 Å². The number of carbonyl (C=O) groups excluding carboxylic acids is 1. The molecule has 0 fully saturated rings. The van der Waals surface area contributed by atoms with Crippen molar-refractivity contribution in [2.75, 3.05) is 13.6 Å². The van der Waals surface area contributed by atoms with Crippen LogP contribution in [0.2, 0.25) is 0 Å². The Kier molecular flexibility index (Phi) is 5.58. The van der Waals surface area contributed by atoms with Crippen molar-refractivity contribution in [2.24, 2.45) is 0 Å². The van der Waals surface area contributed by atoms with Gasteiger partial charge in [0.1, 0.15) is 0 Å². The molecule has 0 aliphatic heterocycles. The molecule has 0 unspecified atom stereocenters. The van der Waals surface area contributed by atoms with Crippen LogP contribution in [0.4, 0.5) is 0 Å². The standard InChI is InChI=1S/C13H17NO3S/c1-3-4-9-14(2)13(17)11-7-5-10(18-11)6-8-12(15)16/h5-8H,3-4,9H2,1-2H3,(H,15,16). The Balaban J connectivity index is 2.67. The van der Waals surface area contributed by atoms with Crippen LogP contribution in [0.15, 0.2) is 18.2 Å². The van der Waals surface area contributed by atoms with E-state index in [1.165, 1.54) is 17.4 Å². The number of rotatable bonds is 6. The highest BCUT2D eigenvalue weighted by atomic mass is 32.1. The lowest BCUT2D eigenvalue weighted by Gasteiger charge is -2.15. The Morgan fingerprint density at radius 1 is 1.44 bits per heavy atom. The zero-order valence-corrected chi connectivity index (χ0v) is 11.4. The molecule has 0 saturated carbocycles. The summed E-state index contributed by atoms with van der Waals surface area (Å²) >= 11 is 1.30. The molecule has 1 amide bonds. The molecule has 1 aromatic rings. The van der Waals surface area contributed by atoms with E-state index in [4.69, 9.17) is 5.11 Å². The van der Waals surface area contributed by atoms with Crippen LogP contribution >= 0.6 is 11.3 Å². The van der Waals surface area contributed by atoms with E-state index in [2.05, 4.69) is 6.92 Å². The van der Waals surface area contributed by atoms with Gasteiger partial charge in [0.05, 0.1) is 4.88 Å². The third-order valence-corrected chi connectivity index (χ3v) is 3.46. The normalized spacial score (nSPS) is 10.8. The molecule has 1 heterocycles. The van der Waals surface area contributed by atoms with Crippen molar-refractivity contribution in [3.05, 3.63) is 28.0 Å². The van der Waals surface area contributed by atoms with Gasteiger partial charge in [0.15, 0.2) is 0 Å². The molecule has 0 saturated heterocycles. The van der Waals surface area contributed by atoms with Crippen molar-refractivity contribution in [2.45, 2.75) is 19.8 Å². The molecule has 4 nitrogen and oxygen atoms in total. The van der Waals surface area contributed by atoms with Gasteiger partial charge in [-0.25, -0.2) is 4.79 Å². The first-order valence-electron chi connectivity index (χ1n) is 5.81. The van der Waals surface area contributed by atoms with E-state index >= 15 is 0 Å². The molecule has 0 radical (unpaired) electrons. The lowest BCUT2D eigenvalue weighted by Crippen LogP contribution is -2.26. The van der Waals surface area contributed by atoms with E-state index in [-0.39, 0.29) is 5.91 Å². The molecule has 98 valence electrons. The maximum absolute atomic E-state index is 12.0. The van der Waals surface area contributed by atoms with Crippen LogP contribution < -0.4 is 0 Å². The van der Waals surface area contributed by atoms with Crippen LogP contribution in [0.25, 0.3) is 6.08 Å². The molecule has 0 atom stereocenters.